The molecule has 0 rings (SSSR count). The Labute approximate surface area is 144 Å². The summed E-state index contributed by atoms with van der Waals surface area (Å²) in [5.41, 5.74) is 0. The summed E-state index contributed by atoms with van der Waals surface area (Å²) in [7, 11) is 0. The minimum absolute atomic E-state index is 0. The predicted molar refractivity (Wildman–Crippen MR) is 116 cm³/mol. The average Bonchev–Trinajstić information content (AvgIpc) is 2.05. The van der Waals surface area contributed by atoms with Crippen LogP contribution in [0.1, 0.15) is 126 Å². The van der Waals surface area contributed by atoms with E-state index in [9.17, 15) is 0 Å². The summed E-state index contributed by atoms with van der Waals surface area (Å²) in [5, 5.41) is 0. The highest BCUT2D eigenvalue weighted by Crippen LogP contribution is 2.05. The van der Waals surface area contributed by atoms with Gasteiger partial charge in [0, 0.05) is 0 Å². The van der Waals surface area contributed by atoms with Crippen LogP contribution in [0.25, 0.3) is 0 Å². The fraction of sp³-hybridized carbons (Fsp3) is 1.00. The maximum absolute atomic E-state index is 2.24. The van der Waals surface area contributed by atoms with Crippen molar-refractivity contribution < 1.29 is 0 Å². The third kappa shape index (κ3) is 405. The smallest absolute Gasteiger partial charge is 0.0448 e. The normalized spacial score (nSPS) is 6.57. The molecule has 0 saturated heterocycles. The van der Waals surface area contributed by atoms with E-state index in [-0.39, 0.29) is 37.1 Å². The van der Waals surface area contributed by atoms with Crippen molar-refractivity contribution >= 4 is 0 Å². The molecule has 21 heavy (non-hydrogen) atoms. The van der Waals surface area contributed by atoms with Crippen LogP contribution < -0.4 is 0 Å². The minimum atomic E-state index is 0. The molecule has 0 nitrogen and oxygen atoms in total. The van der Waals surface area contributed by atoms with Gasteiger partial charge in [-0.2, -0.15) is 0 Å². The molecule has 144 valence electrons. The Morgan fingerprint density at radius 3 is 0.476 bits per heavy atom. The van der Waals surface area contributed by atoms with Gasteiger partial charge >= 0.3 is 0 Å². The average molecular weight is 313 g/mol. The van der Waals surface area contributed by atoms with Crippen LogP contribution in [-0.2, 0) is 0 Å². The number of rotatable bonds is 1. The van der Waals surface area contributed by atoms with Crippen molar-refractivity contribution in [2.24, 2.45) is 17.8 Å². The van der Waals surface area contributed by atoms with E-state index >= 15 is 0 Å². The van der Waals surface area contributed by atoms with E-state index < -0.39 is 0 Å². The summed E-state index contributed by atoms with van der Waals surface area (Å²) in [6.45, 7) is 24.0. The van der Waals surface area contributed by atoms with E-state index in [0.717, 1.165) is 17.8 Å². The highest BCUT2D eigenvalue weighted by atomic mass is 14.0. The van der Waals surface area contributed by atoms with E-state index in [1.54, 1.807) is 0 Å². The molecule has 0 saturated carbocycles. The SMILES string of the molecule is C.C.C.C.C.CC(C)C.CC(C)C(C)C.CCC.CCC. The topological polar surface area (TPSA) is 0 Å². The molecule has 0 atom stereocenters. The quantitative estimate of drug-likeness (QED) is 0.451. The molecule has 0 N–H and O–H groups in total. The molecule has 0 aromatic carbocycles. The fourth-order valence-corrected chi connectivity index (χ4v) is 0. The molecule has 0 heteroatoms. The largest absolute Gasteiger partial charge is 0.0776 e. The Morgan fingerprint density at radius 2 is 0.476 bits per heavy atom. The summed E-state index contributed by atoms with van der Waals surface area (Å²) < 4.78 is 0. The first kappa shape index (κ1) is 58.3. The van der Waals surface area contributed by atoms with Crippen molar-refractivity contribution in [3.05, 3.63) is 0 Å². The van der Waals surface area contributed by atoms with Crippen molar-refractivity contribution in [3.63, 3.8) is 0 Å². The van der Waals surface area contributed by atoms with Crippen LogP contribution in [0.3, 0.4) is 0 Å². The van der Waals surface area contributed by atoms with Gasteiger partial charge in [-0.3, -0.25) is 0 Å². The molecule has 0 fully saturated rings. The maximum atomic E-state index is 2.24. The van der Waals surface area contributed by atoms with Gasteiger partial charge in [0.15, 0.2) is 0 Å². The van der Waals surface area contributed by atoms with Gasteiger partial charge in [0.1, 0.15) is 0 Å². The molecule has 0 amide bonds. The standard InChI is InChI=1S/C6H14.C4H10.2C3H8.5CH4/c1-5(2)6(3)4;1-4(2)3;2*1-3-2;;;;;/h5-6H,1-4H3;4H,1-3H3;2*3H2,1-2H3;5*1H4. The third-order valence-corrected chi connectivity index (χ3v) is 1.33. The van der Waals surface area contributed by atoms with E-state index in [4.69, 9.17) is 0 Å². The zero-order valence-electron chi connectivity index (χ0n) is 14.1. The summed E-state index contributed by atoms with van der Waals surface area (Å²) in [6, 6.07) is 0. The lowest BCUT2D eigenvalue weighted by molar-refractivity contribution is 0.457. The number of hydrogen-bond acceptors (Lipinski definition) is 0. The predicted octanol–water partition coefficient (Wildman–Crippen LogP) is 9.97. The summed E-state index contributed by atoms with van der Waals surface area (Å²) >= 11 is 0. The lowest BCUT2D eigenvalue weighted by Crippen LogP contribution is -1.95. The van der Waals surface area contributed by atoms with Crippen LogP contribution in [0.15, 0.2) is 0 Å². The van der Waals surface area contributed by atoms with E-state index in [0.29, 0.717) is 0 Å². The molecule has 0 unspecified atom stereocenters. The van der Waals surface area contributed by atoms with Gasteiger partial charge in [-0.05, 0) is 17.8 Å². The molecule has 0 heterocycles. The lowest BCUT2D eigenvalue weighted by Gasteiger charge is -2.05. The van der Waals surface area contributed by atoms with Gasteiger partial charge < -0.3 is 0 Å². The maximum Gasteiger partial charge on any atom is -0.0448 e. The molecule has 0 aliphatic rings. The zero-order chi connectivity index (χ0) is 14.1. The van der Waals surface area contributed by atoms with Crippen molar-refractivity contribution in [1.29, 1.82) is 0 Å². The Morgan fingerprint density at radius 1 is 0.429 bits per heavy atom. The Hall–Kier alpha value is 0. The molecule has 0 aliphatic carbocycles. The zero-order valence-corrected chi connectivity index (χ0v) is 14.1. The van der Waals surface area contributed by atoms with Gasteiger partial charge in [0.05, 0.1) is 0 Å². The second-order valence-electron chi connectivity index (χ2n) is 5.63. The van der Waals surface area contributed by atoms with Crippen LogP contribution in [0.2, 0.25) is 0 Å². The highest BCUT2D eigenvalue weighted by molar-refractivity contribution is 4.46. The highest BCUT2D eigenvalue weighted by Gasteiger charge is 1.95. The van der Waals surface area contributed by atoms with Gasteiger partial charge in [0.25, 0.3) is 0 Å². The van der Waals surface area contributed by atoms with Crippen molar-refractivity contribution in [2.45, 2.75) is 126 Å². The van der Waals surface area contributed by atoms with Gasteiger partial charge in [-0.15, -0.1) is 0 Å². The van der Waals surface area contributed by atoms with Crippen molar-refractivity contribution in [2.75, 3.05) is 0 Å². The van der Waals surface area contributed by atoms with Crippen molar-refractivity contribution in [3.8, 4) is 0 Å². The molecule has 0 radical (unpaired) electrons. The molecule has 0 aromatic rings. The fourth-order valence-electron chi connectivity index (χ4n) is 0. The molecule has 0 aromatic heterocycles. The monoisotopic (exact) mass is 312 g/mol. The van der Waals surface area contributed by atoms with Gasteiger partial charge in [0.2, 0.25) is 0 Å². The van der Waals surface area contributed by atoms with Crippen LogP contribution >= 0.6 is 0 Å². The lowest BCUT2D eigenvalue weighted by atomic mass is 10.0. The Kier molecular flexibility index (Phi) is 166. The van der Waals surface area contributed by atoms with E-state index in [2.05, 4.69) is 76.2 Å². The van der Waals surface area contributed by atoms with Crippen LogP contribution in [0, 0.1) is 17.8 Å². The number of hydrogen-bond donors (Lipinski definition) is 0. The molecular weight excluding hydrogens is 252 g/mol. The second-order valence-corrected chi connectivity index (χ2v) is 5.63. The third-order valence-electron chi connectivity index (χ3n) is 1.33. The Bertz CT molecular complexity index is 59.4. The van der Waals surface area contributed by atoms with Crippen LogP contribution in [0.5, 0.6) is 0 Å². The van der Waals surface area contributed by atoms with Crippen LogP contribution in [-0.4, -0.2) is 0 Å². The Balaban J connectivity index is -0.0000000125. The van der Waals surface area contributed by atoms with E-state index in [1.165, 1.54) is 12.8 Å². The first-order chi connectivity index (χ1) is 7.20. The van der Waals surface area contributed by atoms with Crippen LogP contribution in [0.4, 0.5) is 0 Å². The summed E-state index contributed by atoms with van der Waals surface area (Å²) in [5.74, 6) is 2.54. The first-order valence-corrected chi connectivity index (χ1v) is 7.20. The molecule has 0 spiro atoms. The molecular formula is C21H60. The molecule has 0 bridgehead atoms. The molecule has 0 aliphatic heterocycles. The summed E-state index contributed by atoms with van der Waals surface area (Å²) in [6.07, 6.45) is 2.50. The first-order valence-electron chi connectivity index (χ1n) is 7.20. The van der Waals surface area contributed by atoms with E-state index in [1.807, 2.05) is 0 Å². The van der Waals surface area contributed by atoms with Crippen molar-refractivity contribution in [1.82, 2.24) is 0 Å². The second kappa shape index (κ2) is 59.7. The van der Waals surface area contributed by atoms with Gasteiger partial charge in [-0.25, -0.2) is 0 Å². The van der Waals surface area contributed by atoms with Gasteiger partial charge in [-0.1, -0.05) is 126 Å². The minimum Gasteiger partial charge on any atom is -0.0776 e. The summed E-state index contributed by atoms with van der Waals surface area (Å²) in [4.78, 5) is 0.